The Morgan fingerprint density at radius 2 is 1.64 bits per heavy atom. The fraction of sp³-hybridized carbons (Fsp3) is 0.115. The van der Waals surface area contributed by atoms with Crippen molar-refractivity contribution in [2.75, 3.05) is 12.0 Å². The van der Waals surface area contributed by atoms with Crippen LogP contribution in [0.2, 0.25) is 15.1 Å². The van der Waals surface area contributed by atoms with Gasteiger partial charge in [-0.15, -0.1) is 0 Å². The van der Waals surface area contributed by atoms with Gasteiger partial charge in [-0.1, -0.05) is 46.9 Å². The van der Waals surface area contributed by atoms with Crippen LogP contribution < -0.4 is 19.7 Å². The van der Waals surface area contributed by atoms with E-state index in [-0.39, 0.29) is 33.7 Å². The van der Waals surface area contributed by atoms with E-state index >= 15 is 0 Å². The van der Waals surface area contributed by atoms with Crippen LogP contribution in [-0.2, 0) is 22.4 Å². The maximum atomic E-state index is 13.2. The van der Waals surface area contributed by atoms with E-state index in [0.29, 0.717) is 22.1 Å². The molecular formula is C26H16Cl3F3N2O5. The predicted molar refractivity (Wildman–Crippen MR) is 139 cm³/mol. The SMILES string of the molecule is COc1cc(/C=C2/C(=O)NC(=O)N(c3cc(C(F)(F)F)ccc3Cl)C2=O)cc(Cl)c1OCc1ccc(Cl)cc1. The molecule has 0 unspecified atom stereocenters. The first kappa shape index (κ1) is 28.3. The number of urea groups is 1. The lowest BCUT2D eigenvalue weighted by atomic mass is 10.1. The number of anilines is 1. The van der Waals surface area contributed by atoms with Gasteiger partial charge in [-0.2, -0.15) is 13.2 Å². The zero-order valence-corrected chi connectivity index (χ0v) is 22.0. The van der Waals surface area contributed by atoms with Crippen molar-refractivity contribution in [1.82, 2.24) is 5.32 Å². The number of halogens is 6. The zero-order chi connectivity index (χ0) is 28.5. The van der Waals surface area contributed by atoms with Crippen LogP contribution >= 0.6 is 34.8 Å². The number of hydrogen-bond acceptors (Lipinski definition) is 5. The fourth-order valence-corrected chi connectivity index (χ4v) is 4.20. The van der Waals surface area contributed by atoms with Gasteiger partial charge >= 0.3 is 12.2 Å². The Kier molecular flexibility index (Phi) is 8.10. The molecule has 1 aliphatic heterocycles. The summed E-state index contributed by atoms with van der Waals surface area (Å²) in [5.41, 5.74) is -1.24. The Hall–Kier alpha value is -3.73. The summed E-state index contributed by atoms with van der Waals surface area (Å²) in [4.78, 5) is 38.6. The fourth-order valence-electron chi connectivity index (χ4n) is 3.60. The van der Waals surface area contributed by atoms with Crippen LogP contribution in [0.15, 0.2) is 60.2 Å². The molecule has 0 aromatic heterocycles. The van der Waals surface area contributed by atoms with Gasteiger partial charge < -0.3 is 9.47 Å². The van der Waals surface area contributed by atoms with Crippen molar-refractivity contribution in [3.8, 4) is 11.5 Å². The lowest BCUT2D eigenvalue weighted by Crippen LogP contribution is -2.54. The van der Waals surface area contributed by atoms with Crippen LogP contribution in [0.1, 0.15) is 16.7 Å². The third-order valence-electron chi connectivity index (χ3n) is 5.48. The van der Waals surface area contributed by atoms with Gasteiger partial charge in [0.15, 0.2) is 11.5 Å². The Bertz CT molecular complexity index is 1510. The van der Waals surface area contributed by atoms with Crippen molar-refractivity contribution in [1.29, 1.82) is 0 Å². The third-order valence-corrected chi connectivity index (χ3v) is 6.33. The Labute approximate surface area is 234 Å². The van der Waals surface area contributed by atoms with E-state index in [1.54, 1.807) is 24.3 Å². The number of rotatable bonds is 6. The summed E-state index contributed by atoms with van der Waals surface area (Å²) in [6.07, 6.45) is -3.66. The quantitative estimate of drug-likeness (QED) is 0.246. The molecule has 0 bridgehead atoms. The van der Waals surface area contributed by atoms with E-state index in [1.807, 2.05) is 5.32 Å². The van der Waals surface area contributed by atoms with E-state index in [4.69, 9.17) is 44.3 Å². The minimum Gasteiger partial charge on any atom is -0.493 e. The summed E-state index contributed by atoms with van der Waals surface area (Å²) in [6, 6.07) is 10.6. The molecule has 1 aliphatic rings. The summed E-state index contributed by atoms with van der Waals surface area (Å²) in [5.74, 6) is -1.91. The number of carbonyl (C=O) groups is 3. The maximum absolute atomic E-state index is 13.2. The molecule has 3 aromatic rings. The minimum atomic E-state index is -4.77. The molecule has 39 heavy (non-hydrogen) atoms. The van der Waals surface area contributed by atoms with Gasteiger partial charge in [-0.05, 0) is 59.7 Å². The van der Waals surface area contributed by atoms with E-state index in [1.165, 1.54) is 19.2 Å². The normalized spacial score (nSPS) is 15.0. The summed E-state index contributed by atoms with van der Waals surface area (Å²) in [7, 11) is 1.35. The largest absolute Gasteiger partial charge is 0.493 e. The number of barbiturate groups is 1. The highest BCUT2D eigenvalue weighted by molar-refractivity contribution is 6.42. The molecule has 7 nitrogen and oxygen atoms in total. The van der Waals surface area contributed by atoms with Gasteiger partial charge in [0, 0.05) is 5.02 Å². The molecular weight excluding hydrogens is 584 g/mol. The highest BCUT2D eigenvalue weighted by Gasteiger charge is 2.39. The third kappa shape index (κ3) is 6.13. The molecule has 4 rings (SSSR count). The molecule has 202 valence electrons. The molecule has 0 radical (unpaired) electrons. The monoisotopic (exact) mass is 598 g/mol. The van der Waals surface area contributed by atoms with Crippen LogP contribution in [0.3, 0.4) is 0 Å². The molecule has 1 fully saturated rings. The number of imide groups is 2. The predicted octanol–water partition coefficient (Wildman–Crippen LogP) is 6.92. The first-order valence-corrected chi connectivity index (χ1v) is 12.1. The second-order valence-corrected chi connectivity index (χ2v) is 9.32. The number of methoxy groups -OCH3 is 1. The maximum Gasteiger partial charge on any atom is 0.416 e. The number of benzene rings is 3. The molecule has 0 spiro atoms. The molecule has 0 aliphatic carbocycles. The average Bonchev–Trinajstić information content (AvgIpc) is 2.87. The number of amides is 4. The number of nitrogens with zero attached hydrogens (tertiary/aromatic N) is 1. The first-order chi connectivity index (χ1) is 18.4. The minimum absolute atomic E-state index is 0.0766. The molecule has 4 amide bonds. The number of ether oxygens (including phenoxy) is 2. The molecule has 1 saturated heterocycles. The van der Waals surface area contributed by atoms with Crippen molar-refractivity contribution >= 4 is 64.4 Å². The van der Waals surface area contributed by atoms with Gasteiger partial charge in [-0.25, -0.2) is 9.69 Å². The van der Waals surface area contributed by atoms with Crippen molar-refractivity contribution in [3.63, 3.8) is 0 Å². The van der Waals surface area contributed by atoms with E-state index in [0.717, 1.165) is 17.7 Å². The van der Waals surface area contributed by atoms with E-state index < -0.39 is 40.8 Å². The molecule has 0 saturated carbocycles. The highest BCUT2D eigenvalue weighted by Crippen LogP contribution is 2.39. The highest BCUT2D eigenvalue weighted by atomic mass is 35.5. The molecule has 1 heterocycles. The summed E-state index contributed by atoms with van der Waals surface area (Å²) in [6.45, 7) is 0.128. The van der Waals surface area contributed by atoms with Crippen LogP contribution in [0.4, 0.5) is 23.7 Å². The molecule has 0 atom stereocenters. The summed E-state index contributed by atoms with van der Waals surface area (Å²) >= 11 is 18.3. The van der Waals surface area contributed by atoms with E-state index in [9.17, 15) is 27.6 Å². The topological polar surface area (TPSA) is 84.9 Å². The van der Waals surface area contributed by atoms with Crippen LogP contribution in [0.5, 0.6) is 11.5 Å². The van der Waals surface area contributed by atoms with Crippen molar-refractivity contribution in [3.05, 3.63) is 91.9 Å². The number of nitrogens with one attached hydrogen (secondary N) is 1. The summed E-state index contributed by atoms with van der Waals surface area (Å²) in [5, 5.41) is 2.25. The van der Waals surface area contributed by atoms with Gasteiger partial charge in [0.2, 0.25) is 0 Å². The second-order valence-electron chi connectivity index (χ2n) is 8.07. The van der Waals surface area contributed by atoms with Gasteiger partial charge in [-0.3, -0.25) is 14.9 Å². The van der Waals surface area contributed by atoms with Gasteiger partial charge in [0.25, 0.3) is 11.8 Å². The standard InChI is InChI=1S/C26H16Cl3F3N2O5/c1-38-21-10-14(9-19(29)22(21)39-12-13-2-5-16(27)6-3-13)8-17-23(35)33-25(37)34(24(17)36)20-11-15(26(30,31)32)4-7-18(20)28/h2-11H,12H2,1H3,(H,33,35,37)/b17-8-. The molecule has 3 aromatic carbocycles. The Morgan fingerprint density at radius 1 is 0.949 bits per heavy atom. The number of alkyl halides is 3. The van der Waals surface area contributed by atoms with Crippen molar-refractivity contribution in [2.45, 2.75) is 12.8 Å². The lowest BCUT2D eigenvalue weighted by molar-refractivity contribution is -0.137. The number of hydrogen-bond donors (Lipinski definition) is 1. The lowest BCUT2D eigenvalue weighted by Gasteiger charge is -2.27. The first-order valence-electron chi connectivity index (χ1n) is 10.9. The van der Waals surface area contributed by atoms with Gasteiger partial charge in [0.05, 0.1) is 28.4 Å². The van der Waals surface area contributed by atoms with Crippen LogP contribution in [0.25, 0.3) is 6.08 Å². The molecule has 1 N–H and O–H groups in total. The Balaban J connectivity index is 1.67. The van der Waals surface area contributed by atoms with Crippen LogP contribution in [-0.4, -0.2) is 25.0 Å². The van der Waals surface area contributed by atoms with Gasteiger partial charge in [0.1, 0.15) is 12.2 Å². The van der Waals surface area contributed by atoms with E-state index in [2.05, 4.69) is 0 Å². The van der Waals surface area contributed by atoms with Crippen molar-refractivity contribution < 1.29 is 37.0 Å². The van der Waals surface area contributed by atoms with Crippen LogP contribution in [0, 0.1) is 0 Å². The average molecular weight is 600 g/mol. The van der Waals surface area contributed by atoms with Crippen molar-refractivity contribution in [2.24, 2.45) is 0 Å². The summed E-state index contributed by atoms with van der Waals surface area (Å²) < 4.78 is 50.9. The number of carbonyl (C=O) groups excluding carboxylic acids is 3. The Morgan fingerprint density at radius 3 is 2.28 bits per heavy atom. The zero-order valence-electron chi connectivity index (χ0n) is 19.7. The second kappa shape index (κ2) is 11.2. The molecule has 13 heteroatoms. The smallest absolute Gasteiger partial charge is 0.416 e.